The van der Waals surface area contributed by atoms with Gasteiger partial charge in [-0.15, -0.1) is 0 Å². The van der Waals surface area contributed by atoms with Gasteiger partial charge in [-0.1, -0.05) is 25.1 Å². The van der Waals surface area contributed by atoms with Crippen LogP contribution in [0.5, 0.6) is 0 Å². The zero-order chi connectivity index (χ0) is 16.9. The summed E-state index contributed by atoms with van der Waals surface area (Å²) in [5, 5.41) is 4.27. The number of aryl methyl sites for hydroxylation is 1. The summed E-state index contributed by atoms with van der Waals surface area (Å²) in [5.41, 5.74) is 2.27. The van der Waals surface area contributed by atoms with Crippen molar-refractivity contribution in [2.24, 2.45) is 5.92 Å². The Hall–Kier alpha value is -1.81. The fraction of sp³-hybridized carbons (Fsp3) is 0.550. The van der Waals surface area contributed by atoms with E-state index in [2.05, 4.69) is 46.8 Å². The van der Waals surface area contributed by atoms with E-state index in [1.165, 1.54) is 31.3 Å². The second-order valence-corrected chi connectivity index (χ2v) is 7.16. The first-order valence-electron chi connectivity index (χ1n) is 9.17. The minimum atomic E-state index is 0.103. The number of rotatable bonds is 6. The van der Waals surface area contributed by atoms with Crippen LogP contribution >= 0.6 is 0 Å². The summed E-state index contributed by atoms with van der Waals surface area (Å²) in [6, 6.07) is 10.4. The lowest BCUT2D eigenvalue weighted by molar-refractivity contribution is -0.121. The molecule has 1 saturated heterocycles. The predicted octanol–water partition coefficient (Wildman–Crippen LogP) is 3.19. The summed E-state index contributed by atoms with van der Waals surface area (Å²) in [4.78, 5) is 14.8. The number of nitrogens with one attached hydrogen (secondary N) is 1. The number of likely N-dealkylation sites (tertiary alicyclic amines) is 1. The van der Waals surface area contributed by atoms with Gasteiger partial charge in [0.05, 0.1) is 0 Å². The summed E-state index contributed by atoms with van der Waals surface area (Å²) >= 11 is 0. The van der Waals surface area contributed by atoms with Crippen LogP contribution in [-0.2, 0) is 11.3 Å². The van der Waals surface area contributed by atoms with E-state index in [4.69, 9.17) is 0 Å². The molecule has 4 nitrogen and oxygen atoms in total. The number of aromatic nitrogens is 1. The fourth-order valence-electron chi connectivity index (χ4n) is 3.57. The van der Waals surface area contributed by atoms with Crippen LogP contribution in [-0.4, -0.2) is 41.6 Å². The van der Waals surface area contributed by atoms with Crippen molar-refractivity contribution in [1.29, 1.82) is 0 Å². The zero-order valence-corrected chi connectivity index (χ0v) is 14.9. The number of hydrogen-bond donors (Lipinski definition) is 1. The van der Waals surface area contributed by atoms with Gasteiger partial charge >= 0.3 is 0 Å². The van der Waals surface area contributed by atoms with Crippen LogP contribution in [0.25, 0.3) is 10.9 Å². The van der Waals surface area contributed by atoms with Crippen molar-refractivity contribution in [1.82, 2.24) is 14.8 Å². The molecular weight excluding hydrogens is 298 g/mol. The summed E-state index contributed by atoms with van der Waals surface area (Å²) in [7, 11) is 0. The van der Waals surface area contributed by atoms with Gasteiger partial charge < -0.3 is 14.8 Å². The van der Waals surface area contributed by atoms with Crippen molar-refractivity contribution in [2.75, 3.05) is 26.2 Å². The number of hydrogen-bond acceptors (Lipinski definition) is 2. The van der Waals surface area contributed by atoms with Crippen LogP contribution in [0.1, 0.15) is 31.9 Å². The highest BCUT2D eigenvalue weighted by molar-refractivity contribution is 5.84. The Kier molecular flexibility index (Phi) is 5.56. The summed E-state index contributed by atoms with van der Waals surface area (Å²) in [6.07, 6.45) is 3.66. The van der Waals surface area contributed by atoms with Crippen molar-refractivity contribution >= 4 is 16.8 Å². The van der Waals surface area contributed by atoms with Crippen LogP contribution in [0.4, 0.5) is 0 Å². The number of para-hydroxylation sites is 1. The Bertz CT molecular complexity index is 683. The molecule has 1 aromatic carbocycles. The highest BCUT2D eigenvalue weighted by atomic mass is 16.1. The van der Waals surface area contributed by atoms with Crippen molar-refractivity contribution < 1.29 is 4.79 Å². The monoisotopic (exact) mass is 327 g/mol. The molecule has 2 aromatic rings. The van der Waals surface area contributed by atoms with Gasteiger partial charge in [0.2, 0.25) is 5.91 Å². The lowest BCUT2D eigenvalue weighted by atomic mass is 9.99. The Morgan fingerprint density at radius 3 is 2.79 bits per heavy atom. The number of fused-ring (bicyclic) bond motifs is 1. The van der Waals surface area contributed by atoms with Gasteiger partial charge in [0, 0.05) is 17.8 Å². The molecule has 1 amide bonds. The molecule has 0 bridgehead atoms. The standard InChI is InChI=1S/C20H29N3O/c1-16-8-12-22(13-9-16)11-5-10-21-20(24)15-23-17(2)14-18-6-3-4-7-19(18)23/h3-4,6-7,14,16H,5,8-13,15H2,1-2H3,(H,21,24). The molecule has 0 saturated carbocycles. The molecule has 0 unspecified atom stereocenters. The van der Waals surface area contributed by atoms with Gasteiger partial charge in [0.25, 0.3) is 0 Å². The van der Waals surface area contributed by atoms with Crippen LogP contribution in [0, 0.1) is 12.8 Å². The van der Waals surface area contributed by atoms with E-state index in [9.17, 15) is 4.79 Å². The van der Waals surface area contributed by atoms with E-state index in [0.717, 1.165) is 36.6 Å². The Balaban J connectivity index is 1.43. The number of carbonyl (C=O) groups excluding carboxylic acids is 1. The maximum absolute atomic E-state index is 12.3. The summed E-state index contributed by atoms with van der Waals surface area (Å²) in [6.45, 7) is 9.09. The molecule has 3 rings (SSSR count). The molecule has 1 aliphatic heterocycles. The second kappa shape index (κ2) is 7.84. The van der Waals surface area contributed by atoms with Crippen molar-refractivity contribution in [2.45, 2.75) is 39.7 Å². The normalized spacial score (nSPS) is 16.6. The molecule has 2 heterocycles. The van der Waals surface area contributed by atoms with Gasteiger partial charge in [0.1, 0.15) is 6.54 Å². The number of amides is 1. The molecule has 0 radical (unpaired) electrons. The third-order valence-corrected chi connectivity index (χ3v) is 5.17. The fourth-order valence-corrected chi connectivity index (χ4v) is 3.57. The van der Waals surface area contributed by atoms with Gasteiger partial charge in [-0.3, -0.25) is 4.79 Å². The molecule has 0 spiro atoms. The first-order valence-corrected chi connectivity index (χ1v) is 9.17. The van der Waals surface area contributed by atoms with E-state index in [1.807, 2.05) is 12.1 Å². The molecule has 1 aliphatic rings. The third kappa shape index (κ3) is 4.18. The smallest absolute Gasteiger partial charge is 0.239 e. The van der Waals surface area contributed by atoms with Crippen molar-refractivity contribution in [3.8, 4) is 0 Å². The number of carbonyl (C=O) groups is 1. The first kappa shape index (κ1) is 17.0. The first-order chi connectivity index (χ1) is 11.6. The Labute approximate surface area is 144 Å². The zero-order valence-electron chi connectivity index (χ0n) is 14.9. The maximum Gasteiger partial charge on any atom is 0.239 e. The molecule has 24 heavy (non-hydrogen) atoms. The highest BCUT2D eigenvalue weighted by Crippen LogP contribution is 2.19. The average molecular weight is 327 g/mol. The quantitative estimate of drug-likeness (QED) is 0.827. The lowest BCUT2D eigenvalue weighted by Crippen LogP contribution is -2.36. The van der Waals surface area contributed by atoms with Gasteiger partial charge in [0.15, 0.2) is 0 Å². The molecule has 1 N–H and O–H groups in total. The van der Waals surface area contributed by atoms with Crippen molar-refractivity contribution in [3.63, 3.8) is 0 Å². The summed E-state index contributed by atoms with van der Waals surface area (Å²) < 4.78 is 2.09. The molecule has 0 aliphatic carbocycles. The van der Waals surface area contributed by atoms with Gasteiger partial charge in [-0.2, -0.15) is 0 Å². The third-order valence-electron chi connectivity index (χ3n) is 5.17. The number of benzene rings is 1. The minimum absolute atomic E-state index is 0.103. The van der Waals surface area contributed by atoms with Gasteiger partial charge in [-0.05, 0) is 69.3 Å². The molecule has 130 valence electrons. The Morgan fingerprint density at radius 2 is 2.00 bits per heavy atom. The topological polar surface area (TPSA) is 37.3 Å². The molecule has 4 heteroatoms. The molecular formula is C20H29N3O. The number of piperidine rings is 1. The van der Waals surface area contributed by atoms with Crippen LogP contribution in [0.2, 0.25) is 0 Å². The summed E-state index contributed by atoms with van der Waals surface area (Å²) in [5.74, 6) is 0.979. The van der Waals surface area contributed by atoms with Crippen LogP contribution < -0.4 is 5.32 Å². The van der Waals surface area contributed by atoms with Crippen LogP contribution in [0.3, 0.4) is 0 Å². The lowest BCUT2D eigenvalue weighted by Gasteiger charge is -2.30. The molecule has 0 atom stereocenters. The predicted molar refractivity (Wildman–Crippen MR) is 99.1 cm³/mol. The minimum Gasteiger partial charge on any atom is -0.355 e. The van der Waals surface area contributed by atoms with E-state index in [-0.39, 0.29) is 5.91 Å². The average Bonchev–Trinajstić information content (AvgIpc) is 2.89. The largest absolute Gasteiger partial charge is 0.355 e. The molecule has 1 fully saturated rings. The maximum atomic E-state index is 12.3. The van der Waals surface area contributed by atoms with E-state index in [1.54, 1.807) is 0 Å². The molecule has 1 aromatic heterocycles. The van der Waals surface area contributed by atoms with Gasteiger partial charge in [-0.25, -0.2) is 0 Å². The van der Waals surface area contributed by atoms with Crippen molar-refractivity contribution in [3.05, 3.63) is 36.0 Å². The van der Waals surface area contributed by atoms with E-state index >= 15 is 0 Å². The van der Waals surface area contributed by atoms with Crippen LogP contribution in [0.15, 0.2) is 30.3 Å². The second-order valence-electron chi connectivity index (χ2n) is 7.16. The Morgan fingerprint density at radius 1 is 1.25 bits per heavy atom. The van der Waals surface area contributed by atoms with E-state index in [0.29, 0.717) is 6.54 Å². The number of nitrogens with zero attached hydrogens (tertiary/aromatic N) is 2. The highest BCUT2D eigenvalue weighted by Gasteiger charge is 2.15. The SMILES string of the molecule is Cc1cc2ccccc2n1CC(=O)NCCCN1CCC(C)CC1. The van der Waals surface area contributed by atoms with E-state index < -0.39 is 0 Å².